The van der Waals surface area contributed by atoms with Crippen LogP contribution in [0.3, 0.4) is 0 Å². The van der Waals surface area contributed by atoms with Gasteiger partial charge in [-0.2, -0.15) is 4.98 Å². The van der Waals surface area contributed by atoms with Gasteiger partial charge >= 0.3 is 6.01 Å². The Morgan fingerprint density at radius 2 is 1.89 bits per heavy atom. The molecule has 0 amide bonds. The van der Waals surface area contributed by atoms with E-state index >= 15 is 0 Å². The van der Waals surface area contributed by atoms with Crippen molar-refractivity contribution in [1.82, 2.24) is 20.1 Å². The van der Waals surface area contributed by atoms with Crippen molar-refractivity contribution in [2.75, 3.05) is 24.2 Å². The van der Waals surface area contributed by atoms with Gasteiger partial charge in [-0.25, -0.2) is 14.4 Å². The average molecular weight is 536 g/mol. The molecule has 0 radical (unpaired) electrons. The summed E-state index contributed by atoms with van der Waals surface area (Å²) in [6.07, 6.45) is 5.05. The first-order valence-corrected chi connectivity index (χ1v) is 13.3. The van der Waals surface area contributed by atoms with E-state index in [0.29, 0.717) is 28.8 Å². The molecule has 4 N–H and O–H groups in total. The predicted octanol–water partition coefficient (Wildman–Crippen LogP) is 4.30. The number of anilines is 1. The van der Waals surface area contributed by atoms with Gasteiger partial charge in [0.2, 0.25) is 5.88 Å². The zero-order chi connectivity index (χ0) is 23.9. The van der Waals surface area contributed by atoms with Crippen LogP contribution in [0.1, 0.15) is 39.4 Å². The van der Waals surface area contributed by atoms with E-state index in [9.17, 15) is 4.39 Å². The summed E-state index contributed by atoms with van der Waals surface area (Å²) in [5, 5.41) is 6.05. The number of thiophene rings is 1. The van der Waals surface area contributed by atoms with Crippen molar-refractivity contribution >= 4 is 39.3 Å². The number of hydrogen-bond donors (Lipinski definition) is 0. The summed E-state index contributed by atoms with van der Waals surface area (Å²) in [7, 11) is 0. The van der Waals surface area contributed by atoms with Crippen LogP contribution >= 0.6 is 23.1 Å². The van der Waals surface area contributed by atoms with Gasteiger partial charge in [-0.1, -0.05) is 32.0 Å². The smallest absolute Gasteiger partial charge is 0.324 e. The second-order valence-electron chi connectivity index (χ2n) is 9.31. The number of piperidine rings is 1. The molecule has 1 saturated heterocycles. The van der Waals surface area contributed by atoms with Crippen LogP contribution in [0.25, 0.3) is 21.3 Å². The van der Waals surface area contributed by atoms with Crippen LogP contribution in [0.2, 0.25) is 0 Å². The molecular formula is C24H30FN5O4S2. The summed E-state index contributed by atoms with van der Waals surface area (Å²) < 4.78 is 27.4. The van der Waals surface area contributed by atoms with Crippen molar-refractivity contribution in [3.8, 4) is 17.0 Å². The first-order chi connectivity index (χ1) is 16.3. The molecule has 194 valence electrons. The average Bonchev–Trinajstić information content (AvgIpc) is 3.48. The highest BCUT2D eigenvalue weighted by Gasteiger charge is 2.28. The summed E-state index contributed by atoms with van der Waals surface area (Å²) in [5.74, 6) is 1.00. The lowest BCUT2D eigenvalue weighted by molar-refractivity contribution is 0.164. The topological polar surface area (TPSA) is 140 Å². The number of halogens is 1. The highest BCUT2D eigenvalue weighted by Crippen LogP contribution is 2.39. The van der Waals surface area contributed by atoms with Gasteiger partial charge in [-0.3, -0.25) is 0 Å². The molecule has 1 aromatic carbocycles. The van der Waals surface area contributed by atoms with Crippen LogP contribution in [0.4, 0.5) is 10.4 Å². The van der Waals surface area contributed by atoms with Gasteiger partial charge < -0.3 is 25.1 Å². The first-order valence-electron chi connectivity index (χ1n) is 11.2. The molecule has 1 aliphatic rings. The van der Waals surface area contributed by atoms with Crippen LogP contribution < -0.4 is 9.64 Å². The Kier molecular flexibility index (Phi) is 8.55. The fourth-order valence-electron chi connectivity index (χ4n) is 3.92. The fourth-order valence-corrected chi connectivity index (χ4v) is 5.29. The normalized spacial score (nSPS) is 14.4. The molecule has 1 fully saturated rings. The molecule has 0 spiro atoms. The molecule has 3 aromatic heterocycles. The molecule has 9 nitrogen and oxygen atoms in total. The van der Waals surface area contributed by atoms with Crippen molar-refractivity contribution in [3.05, 3.63) is 41.5 Å². The van der Waals surface area contributed by atoms with Crippen molar-refractivity contribution < 1.29 is 24.6 Å². The molecule has 4 aromatic rings. The van der Waals surface area contributed by atoms with E-state index in [4.69, 9.17) is 9.26 Å². The predicted molar refractivity (Wildman–Crippen MR) is 141 cm³/mol. The molecular weight excluding hydrogens is 505 g/mol. The molecule has 4 heterocycles. The molecule has 36 heavy (non-hydrogen) atoms. The minimum absolute atomic E-state index is 0. The van der Waals surface area contributed by atoms with Crippen LogP contribution in [0.15, 0.2) is 39.3 Å². The highest BCUT2D eigenvalue weighted by molar-refractivity contribution is 7.98. The second kappa shape index (κ2) is 11.1. The van der Waals surface area contributed by atoms with Crippen LogP contribution in [-0.4, -0.2) is 56.5 Å². The number of ether oxygens (including phenoxy) is 1. The first kappa shape index (κ1) is 27.8. The Morgan fingerprint density at radius 3 is 2.53 bits per heavy atom. The summed E-state index contributed by atoms with van der Waals surface area (Å²) in [6, 6.07) is 5.85. The van der Waals surface area contributed by atoms with Gasteiger partial charge in [-0.05, 0) is 18.4 Å². The zero-order valence-electron chi connectivity index (χ0n) is 20.5. The van der Waals surface area contributed by atoms with Crippen LogP contribution in [-0.2, 0) is 5.41 Å². The summed E-state index contributed by atoms with van der Waals surface area (Å²) in [6.45, 7) is 7.70. The number of fused-ring (bicyclic) bond motifs is 1. The van der Waals surface area contributed by atoms with E-state index in [-0.39, 0.29) is 28.3 Å². The van der Waals surface area contributed by atoms with E-state index < -0.39 is 0 Å². The van der Waals surface area contributed by atoms with Crippen molar-refractivity contribution in [2.45, 2.75) is 50.0 Å². The Labute approximate surface area is 216 Å². The van der Waals surface area contributed by atoms with Gasteiger partial charge in [-0.15, -0.1) is 23.1 Å². The lowest BCUT2D eigenvalue weighted by Crippen LogP contribution is -2.38. The van der Waals surface area contributed by atoms with Gasteiger partial charge in [0, 0.05) is 52.7 Å². The molecule has 5 rings (SSSR count). The largest absolute Gasteiger partial charge is 0.473 e. The van der Waals surface area contributed by atoms with Crippen LogP contribution in [0, 0.1) is 5.82 Å². The maximum absolute atomic E-state index is 14.7. The quantitative estimate of drug-likeness (QED) is 0.345. The third kappa shape index (κ3) is 5.46. The van der Waals surface area contributed by atoms with Gasteiger partial charge in [0.05, 0.1) is 5.52 Å². The molecule has 0 saturated carbocycles. The molecule has 1 aliphatic heterocycles. The Hall–Kier alpha value is -2.80. The minimum Gasteiger partial charge on any atom is -0.473 e. The number of aromatic nitrogens is 4. The highest BCUT2D eigenvalue weighted by atomic mass is 32.2. The van der Waals surface area contributed by atoms with Gasteiger partial charge in [0.25, 0.3) is 0 Å². The van der Waals surface area contributed by atoms with E-state index in [1.165, 1.54) is 29.4 Å². The van der Waals surface area contributed by atoms with E-state index in [2.05, 4.69) is 45.8 Å². The van der Waals surface area contributed by atoms with Crippen molar-refractivity contribution in [1.29, 1.82) is 0 Å². The number of thioether (sulfide) groups is 1. The molecule has 12 heteroatoms. The van der Waals surface area contributed by atoms with E-state index in [0.717, 1.165) is 41.1 Å². The summed E-state index contributed by atoms with van der Waals surface area (Å²) in [5.41, 5.74) is 1.86. The molecule has 0 atom stereocenters. The number of benzene rings is 1. The minimum atomic E-state index is -0.254. The SMILES string of the molecule is CSc1ccc(-c2csc3c(OC4CCN(c5nc(C(C)(C)C)no5)CC4)ncnc23)c(F)c1.O.O. The number of nitrogens with zero attached hydrogens (tertiary/aromatic N) is 5. The third-order valence-electron chi connectivity index (χ3n) is 5.86. The monoisotopic (exact) mass is 535 g/mol. The number of rotatable bonds is 5. The van der Waals surface area contributed by atoms with E-state index in [1.807, 2.05) is 23.8 Å². The second-order valence-corrected chi connectivity index (χ2v) is 11.1. The summed E-state index contributed by atoms with van der Waals surface area (Å²) >= 11 is 2.99. The standard InChI is InChI=1S/C24H26FN5O2S2.2H2O/c1-24(2,3)22-28-23(32-29-22)30-9-7-14(8-10-30)31-21-20-19(26-13-27-21)17(12-34-20)16-6-5-15(33-4)11-18(16)25;;/h5-6,11-14H,7-10H2,1-4H3;2*1H2. The Balaban J connectivity index is 0.00000180. The van der Waals surface area contributed by atoms with E-state index in [1.54, 1.807) is 6.07 Å². The lowest BCUT2D eigenvalue weighted by atomic mass is 9.96. The zero-order valence-corrected chi connectivity index (χ0v) is 22.2. The van der Waals surface area contributed by atoms with Crippen molar-refractivity contribution in [2.24, 2.45) is 0 Å². The van der Waals surface area contributed by atoms with Crippen LogP contribution in [0.5, 0.6) is 5.88 Å². The maximum atomic E-state index is 14.7. The molecule has 0 unspecified atom stereocenters. The molecule has 0 bridgehead atoms. The Bertz CT molecular complexity index is 1320. The van der Waals surface area contributed by atoms with Gasteiger partial charge in [0.15, 0.2) is 5.82 Å². The van der Waals surface area contributed by atoms with Gasteiger partial charge in [0.1, 0.15) is 22.9 Å². The third-order valence-corrected chi connectivity index (χ3v) is 7.55. The molecule has 0 aliphatic carbocycles. The Morgan fingerprint density at radius 1 is 1.14 bits per heavy atom. The maximum Gasteiger partial charge on any atom is 0.324 e. The fraction of sp³-hybridized carbons (Fsp3) is 0.417. The summed E-state index contributed by atoms with van der Waals surface area (Å²) in [4.78, 5) is 16.4. The lowest BCUT2D eigenvalue weighted by Gasteiger charge is -2.30. The number of hydrogen-bond acceptors (Lipinski definition) is 9. The van der Waals surface area contributed by atoms with Crippen molar-refractivity contribution in [3.63, 3.8) is 0 Å².